The van der Waals surface area contributed by atoms with Crippen molar-refractivity contribution in [2.45, 2.75) is 0 Å². The Morgan fingerprint density at radius 2 is 1.74 bits per heavy atom. The molecule has 0 atom stereocenters. The fourth-order valence-corrected chi connectivity index (χ4v) is 2.25. The number of hydrogen-bond donors (Lipinski definition) is 4. The number of amides is 3. The van der Waals surface area contributed by atoms with Crippen molar-refractivity contribution in [2.24, 2.45) is 5.73 Å². The van der Waals surface area contributed by atoms with Crippen molar-refractivity contribution in [2.75, 3.05) is 37.4 Å². The van der Waals surface area contributed by atoms with Crippen molar-refractivity contribution in [3.8, 4) is 0 Å². The van der Waals surface area contributed by atoms with Crippen LogP contribution >= 0.6 is 0 Å². The molecule has 0 fully saturated rings. The predicted molar refractivity (Wildman–Crippen MR) is 103 cm³/mol. The number of rotatable bonds is 9. The number of methoxy groups -OCH3 is 1. The van der Waals surface area contributed by atoms with Gasteiger partial charge in [-0.2, -0.15) is 0 Å². The van der Waals surface area contributed by atoms with E-state index in [4.69, 9.17) is 10.5 Å². The zero-order chi connectivity index (χ0) is 19.6. The zero-order valence-corrected chi connectivity index (χ0v) is 15.0. The zero-order valence-electron chi connectivity index (χ0n) is 15.0. The molecule has 0 radical (unpaired) electrons. The smallest absolute Gasteiger partial charge is 0.251 e. The largest absolute Gasteiger partial charge is 0.383 e. The van der Waals surface area contributed by atoms with E-state index >= 15 is 0 Å². The second kappa shape index (κ2) is 9.93. The molecule has 8 heteroatoms. The third kappa shape index (κ3) is 6.44. The molecule has 2 aromatic carbocycles. The highest BCUT2D eigenvalue weighted by molar-refractivity contribution is 5.97. The summed E-state index contributed by atoms with van der Waals surface area (Å²) in [6.07, 6.45) is 0. The summed E-state index contributed by atoms with van der Waals surface area (Å²) in [5, 5.41) is 8.37. The minimum Gasteiger partial charge on any atom is -0.383 e. The molecular weight excluding hydrogens is 348 g/mol. The Hall–Kier alpha value is -3.39. The van der Waals surface area contributed by atoms with Gasteiger partial charge in [-0.15, -0.1) is 0 Å². The van der Waals surface area contributed by atoms with E-state index in [0.29, 0.717) is 35.7 Å². The number of ether oxygens (including phenoxy) is 1. The summed E-state index contributed by atoms with van der Waals surface area (Å²) in [5.74, 6) is -1.03. The van der Waals surface area contributed by atoms with Gasteiger partial charge in [0.25, 0.3) is 5.91 Å². The van der Waals surface area contributed by atoms with Gasteiger partial charge >= 0.3 is 0 Å². The van der Waals surface area contributed by atoms with Crippen LogP contribution in [-0.4, -0.2) is 44.5 Å². The topological polar surface area (TPSA) is 123 Å². The monoisotopic (exact) mass is 370 g/mol. The van der Waals surface area contributed by atoms with Gasteiger partial charge in [0.1, 0.15) is 0 Å². The van der Waals surface area contributed by atoms with E-state index in [2.05, 4.69) is 16.0 Å². The Kier molecular flexibility index (Phi) is 7.33. The molecule has 2 rings (SSSR count). The average molecular weight is 370 g/mol. The van der Waals surface area contributed by atoms with E-state index in [1.807, 2.05) is 0 Å². The lowest BCUT2D eigenvalue weighted by atomic mass is 10.2. The van der Waals surface area contributed by atoms with Gasteiger partial charge < -0.3 is 26.4 Å². The quantitative estimate of drug-likeness (QED) is 0.494. The van der Waals surface area contributed by atoms with Crippen LogP contribution < -0.4 is 21.7 Å². The molecule has 0 saturated heterocycles. The molecule has 8 nitrogen and oxygen atoms in total. The summed E-state index contributed by atoms with van der Waals surface area (Å²) < 4.78 is 4.88. The van der Waals surface area contributed by atoms with Crippen LogP contribution in [0.5, 0.6) is 0 Å². The van der Waals surface area contributed by atoms with E-state index < -0.39 is 5.91 Å². The van der Waals surface area contributed by atoms with E-state index in [-0.39, 0.29) is 18.4 Å². The third-order valence-electron chi connectivity index (χ3n) is 3.62. The third-order valence-corrected chi connectivity index (χ3v) is 3.62. The van der Waals surface area contributed by atoms with Crippen LogP contribution in [0.25, 0.3) is 0 Å². The minimum atomic E-state index is -0.560. The molecule has 0 heterocycles. The number of primary amides is 1. The SMILES string of the molecule is COCCNC(=O)c1ccc(NCC(=O)Nc2cccc(C(N)=O)c2)cc1. The maximum atomic E-state index is 12.0. The van der Waals surface area contributed by atoms with Crippen LogP contribution in [0.1, 0.15) is 20.7 Å². The van der Waals surface area contributed by atoms with Gasteiger partial charge in [0.2, 0.25) is 11.8 Å². The van der Waals surface area contributed by atoms with Crippen LogP contribution in [0.2, 0.25) is 0 Å². The first-order valence-corrected chi connectivity index (χ1v) is 8.30. The predicted octanol–water partition coefficient (Wildman–Crippen LogP) is 1.21. The molecule has 0 saturated carbocycles. The molecule has 0 aliphatic heterocycles. The van der Waals surface area contributed by atoms with Gasteiger partial charge in [-0.05, 0) is 42.5 Å². The number of carbonyl (C=O) groups is 3. The number of nitrogens with two attached hydrogens (primary N) is 1. The number of benzene rings is 2. The first-order valence-electron chi connectivity index (χ1n) is 8.30. The number of nitrogens with one attached hydrogen (secondary N) is 3. The molecule has 0 bridgehead atoms. The average Bonchev–Trinajstić information content (AvgIpc) is 2.67. The summed E-state index contributed by atoms with van der Waals surface area (Å²) in [7, 11) is 1.57. The molecule has 142 valence electrons. The van der Waals surface area contributed by atoms with E-state index in [1.54, 1.807) is 49.6 Å². The maximum absolute atomic E-state index is 12.0. The Labute approximate surface area is 157 Å². The summed E-state index contributed by atoms with van der Waals surface area (Å²) in [5.41, 5.74) is 7.24. The van der Waals surface area contributed by atoms with Crippen LogP contribution in [0.4, 0.5) is 11.4 Å². The first kappa shape index (κ1) is 19.9. The van der Waals surface area contributed by atoms with Crippen LogP contribution in [0.15, 0.2) is 48.5 Å². The van der Waals surface area contributed by atoms with Crippen molar-refractivity contribution in [1.29, 1.82) is 0 Å². The van der Waals surface area contributed by atoms with Crippen molar-refractivity contribution < 1.29 is 19.1 Å². The summed E-state index contributed by atoms with van der Waals surface area (Å²) in [6, 6.07) is 13.1. The first-order chi connectivity index (χ1) is 13.0. The van der Waals surface area contributed by atoms with E-state index in [0.717, 1.165) is 0 Å². The van der Waals surface area contributed by atoms with Crippen molar-refractivity contribution in [1.82, 2.24) is 5.32 Å². The van der Waals surface area contributed by atoms with Gasteiger partial charge in [-0.25, -0.2) is 0 Å². The molecule has 2 aromatic rings. The normalized spacial score (nSPS) is 10.1. The highest BCUT2D eigenvalue weighted by atomic mass is 16.5. The van der Waals surface area contributed by atoms with Crippen molar-refractivity contribution >= 4 is 29.1 Å². The highest BCUT2D eigenvalue weighted by Gasteiger charge is 2.07. The maximum Gasteiger partial charge on any atom is 0.251 e. The fraction of sp³-hybridized carbons (Fsp3) is 0.211. The van der Waals surface area contributed by atoms with Crippen molar-refractivity contribution in [3.63, 3.8) is 0 Å². The van der Waals surface area contributed by atoms with E-state index in [9.17, 15) is 14.4 Å². The number of hydrogen-bond acceptors (Lipinski definition) is 5. The van der Waals surface area contributed by atoms with Crippen LogP contribution in [0.3, 0.4) is 0 Å². The Morgan fingerprint density at radius 3 is 2.41 bits per heavy atom. The second-order valence-corrected chi connectivity index (χ2v) is 5.67. The molecule has 0 aliphatic rings. The number of anilines is 2. The second-order valence-electron chi connectivity index (χ2n) is 5.67. The standard InChI is InChI=1S/C19H22N4O4/c1-27-10-9-21-19(26)13-5-7-15(8-6-13)22-12-17(24)23-16-4-2-3-14(11-16)18(20)25/h2-8,11,22H,9-10,12H2,1H3,(H2,20,25)(H,21,26)(H,23,24). The fourth-order valence-electron chi connectivity index (χ4n) is 2.25. The lowest BCUT2D eigenvalue weighted by molar-refractivity contribution is -0.114. The minimum absolute atomic E-state index is 0.0280. The Morgan fingerprint density at radius 1 is 1.00 bits per heavy atom. The summed E-state index contributed by atoms with van der Waals surface area (Å²) in [6.45, 7) is 0.912. The van der Waals surface area contributed by atoms with Crippen molar-refractivity contribution in [3.05, 3.63) is 59.7 Å². The summed E-state index contributed by atoms with van der Waals surface area (Å²) in [4.78, 5) is 35.1. The molecule has 0 aliphatic carbocycles. The van der Waals surface area contributed by atoms with E-state index in [1.165, 1.54) is 6.07 Å². The van der Waals surface area contributed by atoms with Gasteiger partial charge in [0.05, 0.1) is 13.2 Å². The molecule has 5 N–H and O–H groups in total. The Bertz CT molecular complexity index is 806. The molecule has 3 amide bonds. The van der Waals surface area contributed by atoms with Crippen LogP contribution in [0, 0.1) is 0 Å². The summed E-state index contributed by atoms with van der Waals surface area (Å²) >= 11 is 0. The van der Waals surface area contributed by atoms with Crippen LogP contribution in [-0.2, 0) is 9.53 Å². The van der Waals surface area contributed by atoms with Gasteiger partial charge in [-0.1, -0.05) is 6.07 Å². The lowest BCUT2D eigenvalue weighted by Crippen LogP contribution is -2.26. The molecule has 27 heavy (non-hydrogen) atoms. The number of carbonyl (C=O) groups excluding carboxylic acids is 3. The highest BCUT2D eigenvalue weighted by Crippen LogP contribution is 2.11. The van der Waals surface area contributed by atoms with Gasteiger partial charge in [0, 0.05) is 36.2 Å². The molecule has 0 spiro atoms. The Balaban J connectivity index is 1.83. The van der Waals surface area contributed by atoms with Gasteiger partial charge in [-0.3, -0.25) is 14.4 Å². The van der Waals surface area contributed by atoms with Gasteiger partial charge in [0.15, 0.2) is 0 Å². The lowest BCUT2D eigenvalue weighted by Gasteiger charge is -2.09. The molecule has 0 aromatic heterocycles. The molecule has 0 unspecified atom stereocenters. The molecular formula is C19H22N4O4.